The number of hydrogen-bond donors (Lipinski definition) is 5. The summed E-state index contributed by atoms with van der Waals surface area (Å²) in [6.07, 6.45) is 2.02. The lowest BCUT2D eigenvalue weighted by Gasteiger charge is -2.27. The summed E-state index contributed by atoms with van der Waals surface area (Å²) in [5.41, 5.74) is 1.24. The monoisotopic (exact) mass is 506 g/mol. The Kier molecular flexibility index (Phi) is 11.0. The molecule has 13 nitrogen and oxygen atoms in total. The van der Waals surface area contributed by atoms with Gasteiger partial charge in [0.1, 0.15) is 11.3 Å². The maximum absolute atomic E-state index is 11.1. The third kappa shape index (κ3) is 10.2. The summed E-state index contributed by atoms with van der Waals surface area (Å²) in [5.74, 6) is -4.54. The van der Waals surface area contributed by atoms with E-state index in [0.717, 1.165) is 10.9 Å². The Morgan fingerprint density at radius 3 is 1.78 bits per heavy atom. The van der Waals surface area contributed by atoms with Crippen molar-refractivity contribution < 1.29 is 44.7 Å². The van der Waals surface area contributed by atoms with Gasteiger partial charge in [-0.15, -0.1) is 0 Å². The molecule has 0 aliphatic heterocycles. The predicted molar refractivity (Wildman–Crippen MR) is 127 cm³/mol. The van der Waals surface area contributed by atoms with E-state index in [0.29, 0.717) is 31.6 Å². The lowest BCUT2D eigenvalue weighted by atomic mass is 10.1. The molecule has 0 spiro atoms. The maximum atomic E-state index is 11.1. The molecule has 196 valence electrons. The Bertz CT molecular complexity index is 1050. The van der Waals surface area contributed by atoms with Crippen molar-refractivity contribution in [1.82, 2.24) is 19.7 Å². The lowest BCUT2D eigenvalue weighted by Crippen LogP contribution is -2.41. The first-order valence-electron chi connectivity index (χ1n) is 11.1. The summed E-state index contributed by atoms with van der Waals surface area (Å²) >= 11 is 0. The number of carboxylic acid groups (broad SMARTS) is 4. The van der Waals surface area contributed by atoms with Crippen LogP contribution >= 0.6 is 0 Å². The molecule has 2 rings (SSSR count). The summed E-state index contributed by atoms with van der Waals surface area (Å²) in [4.78, 5) is 53.1. The molecule has 1 aromatic heterocycles. The third-order valence-corrected chi connectivity index (χ3v) is 5.27. The number of para-hydroxylation sites is 1. The van der Waals surface area contributed by atoms with Gasteiger partial charge in [-0.1, -0.05) is 12.1 Å². The molecule has 0 unspecified atom stereocenters. The highest BCUT2D eigenvalue weighted by Crippen LogP contribution is 2.23. The van der Waals surface area contributed by atoms with E-state index in [1.807, 2.05) is 11.0 Å². The normalized spacial score (nSPS) is 11.4. The fourth-order valence-corrected chi connectivity index (χ4v) is 3.80. The van der Waals surface area contributed by atoms with Gasteiger partial charge in [0.2, 0.25) is 0 Å². The molecule has 0 bridgehead atoms. The molecule has 36 heavy (non-hydrogen) atoms. The van der Waals surface area contributed by atoms with E-state index in [4.69, 9.17) is 20.4 Å². The highest BCUT2D eigenvalue weighted by molar-refractivity contribution is 5.84. The molecular formula is C23H30N4O9. The molecule has 13 heteroatoms. The molecule has 0 fully saturated rings. The van der Waals surface area contributed by atoms with E-state index in [-0.39, 0.29) is 18.8 Å². The van der Waals surface area contributed by atoms with Crippen LogP contribution in [0.4, 0.5) is 0 Å². The van der Waals surface area contributed by atoms with Crippen molar-refractivity contribution in [2.75, 3.05) is 52.4 Å². The summed E-state index contributed by atoms with van der Waals surface area (Å²) in [6, 6.07) is 6.87. The van der Waals surface area contributed by atoms with Crippen molar-refractivity contribution in [3.63, 3.8) is 0 Å². The number of phenolic OH excluding ortho intramolecular Hbond substituents is 1. The van der Waals surface area contributed by atoms with Crippen LogP contribution in [0.3, 0.4) is 0 Å². The Morgan fingerprint density at radius 2 is 1.22 bits per heavy atom. The van der Waals surface area contributed by atoms with E-state index in [2.05, 4.69) is 4.98 Å². The zero-order valence-electron chi connectivity index (χ0n) is 19.6. The van der Waals surface area contributed by atoms with Gasteiger partial charge in [-0.05, 0) is 30.7 Å². The van der Waals surface area contributed by atoms with Gasteiger partial charge in [0.25, 0.3) is 0 Å². The van der Waals surface area contributed by atoms with E-state index >= 15 is 0 Å². The number of rotatable bonds is 17. The second-order valence-corrected chi connectivity index (χ2v) is 8.32. The number of aromatic nitrogens is 1. The second kappa shape index (κ2) is 13.9. The van der Waals surface area contributed by atoms with E-state index in [1.54, 1.807) is 18.3 Å². The van der Waals surface area contributed by atoms with Crippen molar-refractivity contribution in [2.45, 2.75) is 13.0 Å². The van der Waals surface area contributed by atoms with Gasteiger partial charge in [-0.25, -0.2) is 0 Å². The smallest absolute Gasteiger partial charge is 0.317 e. The van der Waals surface area contributed by atoms with Gasteiger partial charge < -0.3 is 25.5 Å². The van der Waals surface area contributed by atoms with Crippen LogP contribution < -0.4 is 0 Å². The van der Waals surface area contributed by atoms with Crippen LogP contribution in [0.2, 0.25) is 0 Å². The summed E-state index contributed by atoms with van der Waals surface area (Å²) in [7, 11) is 0. The van der Waals surface area contributed by atoms with Gasteiger partial charge in [0.05, 0.1) is 26.2 Å². The molecule has 1 aromatic carbocycles. The second-order valence-electron chi connectivity index (χ2n) is 8.32. The van der Waals surface area contributed by atoms with Gasteiger partial charge in [-0.2, -0.15) is 0 Å². The number of carbonyl (C=O) groups is 4. The van der Waals surface area contributed by atoms with Crippen molar-refractivity contribution in [3.05, 3.63) is 36.0 Å². The van der Waals surface area contributed by atoms with E-state index in [1.165, 1.54) is 15.9 Å². The summed E-state index contributed by atoms with van der Waals surface area (Å²) in [6.45, 7) is -0.307. The number of aliphatic carboxylic acids is 4. The van der Waals surface area contributed by atoms with Crippen LogP contribution in [0.1, 0.15) is 12.0 Å². The molecule has 0 amide bonds. The van der Waals surface area contributed by atoms with E-state index in [9.17, 15) is 24.3 Å². The number of phenols is 1. The van der Waals surface area contributed by atoms with E-state index < -0.39 is 50.1 Å². The molecule has 0 radical (unpaired) electrons. The van der Waals surface area contributed by atoms with Crippen LogP contribution in [-0.4, -0.2) is 121 Å². The number of pyridine rings is 1. The lowest BCUT2D eigenvalue weighted by molar-refractivity contribution is -0.144. The standard InChI is InChI=1S/C23H30N4O9/c28-18-4-1-3-17-9-16(10-24-23(17)18)11-25(7-8-27(14-21(33)34)15-22(35)36)5-2-6-26(12-19(29)30)13-20(31)32/h1,3-4,9-10,28H,2,5-8,11-15H2,(H,29,30)(H,31,32)(H,33,34)(H,35,36). The largest absolute Gasteiger partial charge is 0.506 e. The van der Waals surface area contributed by atoms with Crippen LogP contribution in [0, 0.1) is 0 Å². The molecule has 0 aliphatic rings. The third-order valence-electron chi connectivity index (χ3n) is 5.27. The van der Waals surface area contributed by atoms with Crippen molar-refractivity contribution >= 4 is 34.8 Å². The van der Waals surface area contributed by atoms with Crippen LogP contribution in [-0.2, 0) is 25.7 Å². The SMILES string of the molecule is O=C(O)CN(CCCN(CCN(CC(=O)O)CC(=O)O)Cc1cnc2c(O)cccc2c1)CC(=O)O. The minimum Gasteiger partial charge on any atom is -0.506 e. The Labute approximate surface area is 206 Å². The zero-order chi connectivity index (χ0) is 26.7. The Morgan fingerprint density at radius 1 is 0.722 bits per heavy atom. The minimum absolute atomic E-state index is 0.0471. The Hall–Kier alpha value is -3.81. The zero-order valence-corrected chi connectivity index (χ0v) is 19.6. The fourth-order valence-electron chi connectivity index (χ4n) is 3.80. The molecule has 0 aliphatic carbocycles. The first-order valence-corrected chi connectivity index (χ1v) is 11.1. The molecule has 1 heterocycles. The Balaban J connectivity index is 2.13. The van der Waals surface area contributed by atoms with Gasteiger partial charge in [-0.3, -0.25) is 38.9 Å². The van der Waals surface area contributed by atoms with Crippen LogP contribution in [0.5, 0.6) is 5.75 Å². The molecule has 5 N–H and O–H groups in total. The molecule has 0 saturated carbocycles. The number of carboxylic acids is 4. The molecule has 2 aromatic rings. The van der Waals surface area contributed by atoms with Gasteiger partial charge >= 0.3 is 23.9 Å². The van der Waals surface area contributed by atoms with Gasteiger partial charge in [0.15, 0.2) is 0 Å². The summed E-state index contributed by atoms with van der Waals surface area (Å²) in [5, 5.41) is 46.9. The highest BCUT2D eigenvalue weighted by atomic mass is 16.4. The number of hydrogen-bond acceptors (Lipinski definition) is 9. The predicted octanol–water partition coefficient (Wildman–Crippen LogP) is 0.0749. The first-order chi connectivity index (χ1) is 17.0. The number of aromatic hydroxyl groups is 1. The van der Waals surface area contributed by atoms with Crippen LogP contribution in [0.25, 0.3) is 10.9 Å². The quantitative estimate of drug-likeness (QED) is 0.194. The summed E-state index contributed by atoms with van der Waals surface area (Å²) < 4.78 is 0. The minimum atomic E-state index is -1.15. The van der Waals surface area contributed by atoms with Crippen molar-refractivity contribution in [1.29, 1.82) is 0 Å². The highest BCUT2D eigenvalue weighted by Gasteiger charge is 2.17. The molecule has 0 saturated heterocycles. The maximum Gasteiger partial charge on any atom is 0.317 e. The van der Waals surface area contributed by atoms with Crippen molar-refractivity contribution in [2.24, 2.45) is 0 Å². The van der Waals surface area contributed by atoms with Gasteiger partial charge in [0, 0.05) is 37.8 Å². The van der Waals surface area contributed by atoms with Crippen molar-refractivity contribution in [3.8, 4) is 5.75 Å². The van der Waals surface area contributed by atoms with Crippen LogP contribution in [0.15, 0.2) is 30.5 Å². The average molecular weight is 507 g/mol. The molecule has 0 atom stereocenters. The first kappa shape index (κ1) is 28.4. The number of fused-ring (bicyclic) bond motifs is 1. The average Bonchev–Trinajstić information content (AvgIpc) is 2.75. The fraction of sp³-hybridized carbons (Fsp3) is 0.435. The molecular weight excluding hydrogens is 476 g/mol. The topological polar surface area (TPSA) is 192 Å². The number of nitrogens with zero attached hydrogens (tertiary/aromatic N) is 4. The number of benzene rings is 1.